The molecule has 2 fully saturated rings. The fourth-order valence-corrected chi connectivity index (χ4v) is 6.07. The first kappa shape index (κ1) is 26.3. The first-order chi connectivity index (χ1) is 19.0. The van der Waals surface area contributed by atoms with E-state index in [-0.39, 0.29) is 41.1 Å². The van der Waals surface area contributed by atoms with Crippen molar-refractivity contribution in [3.8, 4) is 23.0 Å². The Morgan fingerprint density at radius 1 is 1.15 bits per heavy atom. The Kier molecular flexibility index (Phi) is 6.33. The summed E-state index contributed by atoms with van der Waals surface area (Å²) in [5, 5.41) is 12.4. The van der Waals surface area contributed by atoms with Crippen LogP contribution in [0.5, 0.6) is 11.8 Å². The molecular weight excluding hydrogens is 537 g/mol. The molecule has 2 aliphatic heterocycles. The number of aromatic nitrogens is 3. The van der Waals surface area contributed by atoms with E-state index >= 15 is 4.39 Å². The summed E-state index contributed by atoms with van der Waals surface area (Å²) in [6.45, 7) is 6.56. The summed E-state index contributed by atoms with van der Waals surface area (Å²) < 4.78 is 27.3. The van der Waals surface area contributed by atoms with Gasteiger partial charge in [0, 0.05) is 35.3 Å². The van der Waals surface area contributed by atoms with Crippen LogP contribution in [0.4, 0.5) is 15.0 Å². The first-order valence-electron chi connectivity index (χ1n) is 13.1. The smallest absolute Gasteiger partial charge is 0.410 e. The number of carbonyl (C=O) groups is 1. The van der Waals surface area contributed by atoms with Crippen molar-refractivity contribution in [2.45, 2.75) is 51.3 Å². The summed E-state index contributed by atoms with van der Waals surface area (Å²) in [6, 6.07) is 8.15. The van der Waals surface area contributed by atoms with Crippen LogP contribution < -0.4 is 9.64 Å². The zero-order valence-electron chi connectivity index (χ0n) is 22.6. The second kappa shape index (κ2) is 9.62. The summed E-state index contributed by atoms with van der Waals surface area (Å²) in [6.07, 6.45) is 2.89. The highest BCUT2D eigenvalue weighted by Crippen LogP contribution is 2.40. The summed E-state index contributed by atoms with van der Waals surface area (Å²) >= 11 is 6.49. The Morgan fingerprint density at radius 2 is 1.88 bits per heavy atom. The van der Waals surface area contributed by atoms with Crippen LogP contribution in [-0.2, 0) is 4.74 Å². The molecule has 2 aromatic heterocycles. The third kappa shape index (κ3) is 4.50. The SMILES string of the molecule is COc1nc(N2CC3CCC(C2)N3C(=O)OC(C)(C)C)c2cnc(-c3cc(O)cc4cccc(Cl)c34)c(F)c2n1. The monoisotopic (exact) mass is 565 g/mol. The highest BCUT2D eigenvalue weighted by Gasteiger charge is 2.45. The molecule has 4 aromatic rings. The number of phenols is 1. The Hall–Kier alpha value is -3.92. The van der Waals surface area contributed by atoms with Gasteiger partial charge in [-0.25, -0.2) is 9.18 Å². The Bertz CT molecular complexity index is 1650. The van der Waals surface area contributed by atoms with Gasteiger partial charge < -0.3 is 19.5 Å². The van der Waals surface area contributed by atoms with Gasteiger partial charge in [-0.2, -0.15) is 9.97 Å². The third-order valence-corrected chi connectivity index (χ3v) is 7.69. The fourth-order valence-electron chi connectivity index (χ4n) is 5.78. The van der Waals surface area contributed by atoms with Gasteiger partial charge in [-0.15, -0.1) is 0 Å². The highest BCUT2D eigenvalue weighted by atomic mass is 35.5. The molecular formula is C29H29ClFN5O4. The van der Waals surface area contributed by atoms with Gasteiger partial charge in [0.2, 0.25) is 0 Å². The minimum absolute atomic E-state index is 0.00279. The van der Waals surface area contributed by atoms with Gasteiger partial charge in [0.15, 0.2) is 5.82 Å². The number of piperazine rings is 1. The molecule has 40 heavy (non-hydrogen) atoms. The van der Waals surface area contributed by atoms with Crippen LogP contribution in [0.2, 0.25) is 5.02 Å². The number of anilines is 1. The van der Waals surface area contributed by atoms with Crippen molar-refractivity contribution in [2.75, 3.05) is 25.1 Å². The van der Waals surface area contributed by atoms with Crippen molar-refractivity contribution < 1.29 is 23.8 Å². The minimum Gasteiger partial charge on any atom is -0.508 e. The normalized spacial score (nSPS) is 18.9. The van der Waals surface area contributed by atoms with E-state index in [1.54, 1.807) is 24.3 Å². The van der Waals surface area contributed by atoms with Gasteiger partial charge in [0.05, 0.1) is 24.6 Å². The highest BCUT2D eigenvalue weighted by molar-refractivity contribution is 6.36. The van der Waals surface area contributed by atoms with E-state index in [4.69, 9.17) is 21.1 Å². The van der Waals surface area contributed by atoms with E-state index in [1.165, 1.54) is 19.4 Å². The predicted molar refractivity (Wildman–Crippen MR) is 151 cm³/mol. The van der Waals surface area contributed by atoms with Crippen LogP contribution in [-0.4, -0.2) is 68.9 Å². The van der Waals surface area contributed by atoms with E-state index in [9.17, 15) is 9.90 Å². The second-order valence-electron chi connectivity index (χ2n) is 11.2. The zero-order valence-corrected chi connectivity index (χ0v) is 23.4. The molecule has 2 bridgehead atoms. The van der Waals surface area contributed by atoms with E-state index in [0.717, 1.165) is 12.8 Å². The Labute approximate surface area is 235 Å². The number of pyridine rings is 1. The van der Waals surface area contributed by atoms with Crippen molar-refractivity contribution >= 4 is 45.2 Å². The molecule has 0 saturated carbocycles. The fraction of sp³-hybridized carbons (Fsp3) is 0.379. The van der Waals surface area contributed by atoms with Crippen molar-refractivity contribution in [3.63, 3.8) is 0 Å². The number of nitrogens with zero attached hydrogens (tertiary/aromatic N) is 5. The molecule has 4 heterocycles. The number of halogens is 2. The van der Waals surface area contributed by atoms with Gasteiger partial charge in [0.1, 0.15) is 28.4 Å². The largest absolute Gasteiger partial charge is 0.508 e. The molecule has 2 saturated heterocycles. The summed E-state index contributed by atoms with van der Waals surface area (Å²) in [5.74, 6) is -0.230. The molecule has 6 rings (SSSR count). The van der Waals surface area contributed by atoms with E-state index in [2.05, 4.69) is 15.0 Å². The van der Waals surface area contributed by atoms with Crippen LogP contribution in [0.15, 0.2) is 36.5 Å². The average Bonchev–Trinajstić information content (AvgIpc) is 3.16. The summed E-state index contributed by atoms with van der Waals surface area (Å²) in [5.41, 5.74) is -0.195. The number of ether oxygens (including phenoxy) is 2. The second-order valence-corrected chi connectivity index (χ2v) is 11.6. The lowest BCUT2D eigenvalue weighted by Gasteiger charge is -2.42. The molecule has 1 amide bonds. The molecule has 0 radical (unpaired) electrons. The van der Waals surface area contributed by atoms with Gasteiger partial charge in [-0.3, -0.25) is 9.88 Å². The molecule has 2 aromatic carbocycles. The van der Waals surface area contributed by atoms with Crippen LogP contribution in [0.1, 0.15) is 33.6 Å². The standard InChI is InChI=1S/C29H29ClFN5O4/c1-29(2,3)40-28(38)36-16-8-9-17(36)14-35(13-16)26-20-12-32-24(23(31)25(20)33-27(34-26)39-4)19-11-18(37)10-15-6-5-7-21(30)22(15)19/h5-7,10-12,16-17,37H,8-9,13-14H2,1-4H3. The summed E-state index contributed by atoms with van der Waals surface area (Å²) in [4.78, 5) is 30.2. The molecule has 1 N–H and O–H groups in total. The van der Waals surface area contributed by atoms with E-state index in [1.807, 2.05) is 30.6 Å². The number of rotatable bonds is 3. The molecule has 2 aliphatic rings. The first-order valence-corrected chi connectivity index (χ1v) is 13.5. The van der Waals surface area contributed by atoms with Gasteiger partial charge in [0.25, 0.3) is 0 Å². The zero-order chi connectivity index (χ0) is 28.3. The predicted octanol–water partition coefficient (Wildman–Crippen LogP) is 5.94. The number of aromatic hydroxyl groups is 1. The minimum atomic E-state index is -0.679. The number of hydrogen-bond donors (Lipinski definition) is 1. The van der Waals surface area contributed by atoms with Crippen LogP contribution in [0.25, 0.3) is 32.9 Å². The molecule has 0 spiro atoms. The Morgan fingerprint density at radius 3 is 2.55 bits per heavy atom. The molecule has 2 unspecified atom stereocenters. The van der Waals surface area contributed by atoms with Crippen molar-refractivity contribution in [1.29, 1.82) is 0 Å². The maximum absolute atomic E-state index is 16.3. The van der Waals surface area contributed by atoms with Crippen LogP contribution >= 0.6 is 11.6 Å². The van der Waals surface area contributed by atoms with E-state index < -0.39 is 11.4 Å². The van der Waals surface area contributed by atoms with Gasteiger partial charge in [-0.1, -0.05) is 23.7 Å². The third-order valence-electron chi connectivity index (χ3n) is 7.38. The van der Waals surface area contributed by atoms with Gasteiger partial charge in [-0.05, 0) is 57.2 Å². The lowest BCUT2D eigenvalue weighted by atomic mass is 10.00. The van der Waals surface area contributed by atoms with Crippen molar-refractivity contribution in [3.05, 3.63) is 47.4 Å². The lowest BCUT2D eigenvalue weighted by Crippen LogP contribution is -2.57. The molecule has 9 nitrogen and oxygen atoms in total. The average molecular weight is 566 g/mol. The quantitative estimate of drug-likeness (QED) is 0.326. The number of fused-ring (bicyclic) bond motifs is 4. The molecule has 11 heteroatoms. The number of hydrogen-bond acceptors (Lipinski definition) is 8. The topological polar surface area (TPSA) is 101 Å². The number of phenolic OH excluding ortho intramolecular Hbond substituents is 1. The van der Waals surface area contributed by atoms with Gasteiger partial charge >= 0.3 is 12.1 Å². The molecule has 208 valence electrons. The Balaban J connectivity index is 1.43. The van der Waals surface area contributed by atoms with Crippen LogP contribution in [0, 0.1) is 5.82 Å². The number of carbonyl (C=O) groups excluding carboxylic acids is 1. The van der Waals surface area contributed by atoms with E-state index in [0.29, 0.717) is 45.7 Å². The maximum Gasteiger partial charge on any atom is 0.410 e. The lowest BCUT2D eigenvalue weighted by molar-refractivity contribution is 0.0123. The number of methoxy groups -OCH3 is 1. The van der Waals surface area contributed by atoms with Crippen LogP contribution in [0.3, 0.4) is 0 Å². The number of benzene rings is 2. The molecule has 2 atom stereocenters. The number of amides is 1. The summed E-state index contributed by atoms with van der Waals surface area (Å²) in [7, 11) is 1.43. The van der Waals surface area contributed by atoms with Crippen molar-refractivity contribution in [1.82, 2.24) is 19.9 Å². The molecule has 0 aliphatic carbocycles. The van der Waals surface area contributed by atoms with Crippen molar-refractivity contribution in [2.24, 2.45) is 0 Å². The maximum atomic E-state index is 16.3.